The summed E-state index contributed by atoms with van der Waals surface area (Å²) >= 11 is 9.08. The number of benzene rings is 1. The molecule has 1 heterocycles. The number of halogens is 3. The predicted molar refractivity (Wildman–Crippen MR) is 78.9 cm³/mol. The monoisotopic (exact) mass is 342 g/mol. The maximum atomic E-state index is 13.4. The van der Waals surface area contributed by atoms with E-state index in [4.69, 9.17) is 11.6 Å². The van der Waals surface area contributed by atoms with Gasteiger partial charge in [-0.3, -0.25) is 4.98 Å². The molecule has 0 amide bonds. The molecule has 5 heteroatoms. The fourth-order valence-electron chi connectivity index (χ4n) is 1.91. The Labute approximate surface area is 125 Å². The summed E-state index contributed by atoms with van der Waals surface area (Å²) in [6.45, 7) is 0. The molecule has 0 spiro atoms. The number of nitrogens with one attached hydrogen (secondary N) is 1. The SMILES string of the molecule is CNC(Cc1ccc(Cl)c(F)c1)c1cncc(Br)c1. The second kappa shape index (κ2) is 6.46. The Kier molecular flexibility index (Phi) is 4.91. The highest BCUT2D eigenvalue weighted by molar-refractivity contribution is 9.10. The van der Waals surface area contributed by atoms with E-state index in [-0.39, 0.29) is 16.9 Å². The van der Waals surface area contributed by atoms with Crippen molar-refractivity contribution in [1.29, 1.82) is 0 Å². The summed E-state index contributed by atoms with van der Waals surface area (Å²) in [6.07, 6.45) is 4.21. The zero-order chi connectivity index (χ0) is 13.8. The first kappa shape index (κ1) is 14.4. The Morgan fingerprint density at radius 3 is 2.79 bits per heavy atom. The summed E-state index contributed by atoms with van der Waals surface area (Å²) in [5, 5.41) is 3.36. The zero-order valence-electron chi connectivity index (χ0n) is 10.3. The number of rotatable bonds is 4. The third-order valence-electron chi connectivity index (χ3n) is 2.90. The number of likely N-dealkylation sites (N-methyl/N-ethyl adjacent to an activating group) is 1. The van der Waals surface area contributed by atoms with Crippen LogP contribution in [0.3, 0.4) is 0 Å². The first-order chi connectivity index (χ1) is 9.10. The van der Waals surface area contributed by atoms with Crippen molar-refractivity contribution in [2.24, 2.45) is 0 Å². The van der Waals surface area contributed by atoms with Crippen LogP contribution in [-0.4, -0.2) is 12.0 Å². The molecule has 2 aromatic rings. The van der Waals surface area contributed by atoms with Crippen molar-refractivity contribution in [1.82, 2.24) is 10.3 Å². The van der Waals surface area contributed by atoms with Crippen LogP contribution >= 0.6 is 27.5 Å². The highest BCUT2D eigenvalue weighted by atomic mass is 79.9. The van der Waals surface area contributed by atoms with Crippen molar-refractivity contribution in [2.75, 3.05) is 7.05 Å². The number of nitrogens with zero attached hydrogens (tertiary/aromatic N) is 1. The lowest BCUT2D eigenvalue weighted by Crippen LogP contribution is -2.19. The van der Waals surface area contributed by atoms with Gasteiger partial charge in [-0.25, -0.2) is 4.39 Å². The fourth-order valence-corrected chi connectivity index (χ4v) is 2.41. The minimum atomic E-state index is -0.388. The summed E-state index contributed by atoms with van der Waals surface area (Å²) in [6, 6.07) is 6.96. The molecule has 19 heavy (non-hydrogen) atoms. The zero-order valence-corrected chi connectivity index (χ0v) is 12.7. The molecular formula is C14H13BrClFN2. The molecule has 0 saturated carbocycles. The maximum Gasteiger partial charge on any atom is 0.142 e. The third kappa shape index (κ3) is 3.75. The second-order valence-electron chi connectivity index (χ2n) is 4.23. The minimum absolute atomic E-state index is 0.0746. The molecule has 0 bridgehead atoms. The van der Waals surface area contributed by atoms with Gasteiger partial charge in [0.1, 0.15) is 5.82 Å². The molecule has 2 rings (SSSR count). The van der Waals surface area contributed by atoms with Crippen LogP contribution in [0.15, 0.2) is 41.1 Å². The second-order valence-corrected chi connectivity index (χ2v) is 5.55. The van der Waals surface area contributed by atoms with Gasteiger partial charge in [0, 0.05) is 22.9 Å². The summed E-state index contributed by atoms with van der Waals surface area (Å²) in [5.74, 6) is -0.388. The number of hydrogen-bond acceptors (Lipinski definition) is 2. The van der Waals surface area contributed by atoms with E-state index in [9.17, 15) is 4.39 Å². The summed E-state index contributed by atoms with van der Waals surface area (Å²) in [5.41, 5.74) is 1.94. The molecule has 0 aliphatic carbocycles. The van der Waals surface area contributed by atoms with Crippen LogP contribution in [0.5, 0.6) is 0 Å². The highest BCUT2D eigenvalue weighted by Crippen LogP contribution is 2.22. The molecule has 2 nitrogen and oxygen atoms in total. The molecule has 1 aromatic carbocycles. The molecule has 1 atom stereocenters. The molecular weight excluding hydrogens is 331 g/mol. The first-order valence-corrected chi connectivity index (χ1v) is 6.99. The van der Waals surface area contributed by atoms with E-state index in [0.717, 1.165) is 15.6 Å². The topological polar surface area (TPSA) is 24.9 Å². The molecule has 0 aliphatic heterocycles. The van der Waals surface area contributed by atoms with E-state index >= 15 is 0 Å². The largest absolute Gasteiger partial charge is 0.313 e. The van der Waals surface area contributed by atoms with Crippen molar-refractivity contribution >= 4 is 27.5 Å². The van der Waals surface area contributed by atoms with Gasteiger partial charge in [-0.05, 0) is 58.7 Å². The van der Waals surface area contributed by atoms with E-state index in [1.165, 1.54) is 6.07 Å². The summed E-state index contributed by atoms with van der Waals surface area (Å²) < 4.78 is 14.4. The molecule has 1 N–H and O–H groups in total. The van der Waals surface area contributed by atoms with Gasteiger partial charge in [0.15, 0.2) is 0 Å². The van der Waals surface area contributed by atoms with E-state index in [2.05, 4.69) is 26.2 Å². The van der Waals surface area contributed by atoms with Crippen molar-refractivity contribution in [3.05, 3.63) is 63.1 Å². The molecule has 0 aliphatic rings. The normalized spacial score (nSPS) is 12.4. The molecule has 1 unspecified atom stereocenters. The third-order valence-corrected chi connectivity index (χ3v) is 3.64. The smallest absolute Gasteiger partial charge is 0.142 e. The van der Waals surface area contributed by atoms with Gasteiger partial charge >= 0.3 is 0 Å². The van der Waals surface area contributed by atoms with Crippen LogP contribution in [0, 0.1) is 5.82 Å². The Morgan fingerprint density at radius 2 is 2.16 bits per heavy atom. The van der Waals surface area contributed by atoms with Crippen molar-refractivity contribution in [2.45, 2.75) is 12.5 Å². The van der Waals surface area contributed by atoms with Crippen LogP contribution in [0.1, 0.15) is 17.2 Å². The Balaban J connectivity index is 2.21. The van der Waals surface area contributed by atoms with Crippen molar-refractivity contribution < 1.29 is 4.39 Å². The Morgan fingerprint density at radius 1 is 1.37 bits per heavy atom. The van der Waals surface area contributed by atoms with Gasteiger partial charge in [-0.2, -0.15) is 0 Å². The standard InChI is InChI=1S/C14H13BrClFN2/c1-18-14(10-6-11(15)8-19-7-10)5-9-2-3-12(16)13(17)4-9/h2-4,6-8,14,18H,5H2,1H3. The van der Waals surface area contributed by atoms with Crippen LogP contribution in [0.2, 0.25) is 5.02 Å². The summed E-state index contributed by atoms with van der Waals surface area (Å²) in [7, 11) is 1.87. The summed E-state index contributed by atoms with van der Waals surface area (Å²) in [4.78, 5) is 4.14. The van der Waals surface area contributed by atoms with Gasteiger partial charge in [0.05, 0.1) is 5.02 Å². The van der Waals surface area contributed by atoms with Crippen LogP contribution in [0.25, 0.3) is 0 Å². The molecule has 0 saturated heterocycles. The van der Waals surface area contributed by atoms with E-state index < -0.39 is 0 Å². The Hall–Kier alpha value is -0.970. The van der Waals surface area contributed by atoms with Gasteiger partial charge in [0.2, 0.25) is 0 Å². The van der Waals surface area contributed by atoms with Gasteiger partial charge in [-0.1, -0.05) is 17.7 Å². The lowest BCUT2D eigenvalue weighted by Gasteiger charge is -2.16. The fraction of sp³-hybridized carbons (Fsp3) is 0.214. The van der Waals surface area contributed by atoms with Crippen LogP contribution < -0.4 is 5.32 Å². The molecule has 1 aromatic heterocycles. The van der Waals surface area contributed by atoms with Crippen molar-refractivity contribution in [3.8, 4) is 0 Å². The van der Waals surface area contributed by atoms with E-state index in [1.807, 2.05) is 19.2 Å². The average Bonchev–Trinajstić information content (AvgIpc) is 2.40. The lowest BCUT2D eigenvalue weighted by molar-refractivity contribution is 0.582. The number of aromatic nitrogens is 1. The van der Waals surface area contributed by atoms with E-state index in [0.29, 0.717) is 6.42 Å². The van der Waals surface area contributed by atoms with Gasteiger partial charge < -0.3 is 5.32 Å². The quantitative estimate of drug-likeness (QED) is 0.902. The average molecular weight is 344 g/mol. The predicted octanol–water partition coefficient (Wildman–Crippen LogP) is 4.14. The van der Waals surface area contributed by atoms with Crippen LogP contribution in [0.4, 0.5) is 4.39 Å². The highest BCUT2D eigenvalue weighted by Gasteiger charge is 2.12. The van der Waals surface area contributed by atoms with Gasteiger partial charge in [0.25, 0.3) is 0 Å². The molecule has 100 valence electrons. The Bertz CT molecular complexity index is 577. The van der Waals surface area contributed by atoms with Gasteiger partial charge in [-0.15, -0.1) is 0 Å². The number of hydrogen-bond donors (Lipinski definition) is 1. The number of pyridine rings is 1. The molecule has 0 radical (unpaired) electrons. The van der Waals surface area contributed by atoms with Crippen LogP contribution in [-0.2, 0) is 6.42 Å². The lowest BCUT2D eigenvalue weighted by atomic mass is 10.0. The maximum absolute atomic E-state index is 13.4. The van der Waals surface area contributed by atoms with E-state index in [1.54, 1.807) is 18.5 Å². The van der Waals surface area contributed by atoms with Crippen molar-refractivity contribution in [3.63, 3.8) is 0 Å². The minimum Gasteiger partial charge on any atom is -0.313 e. The molecule has 0 fully saturated rings. The first-order valence-electron chi connectivity index (χ1n) is 5.82.